The Labute approximate surface area is 96.3 Å². The second-order valence-corrected chi connectivity index (χ2v) is 3.12. The van der Waals surface area contributed by atoms with Crippen molar-refractivity contribution >= 4 is 5.97 Å². The number of ether oxygens (including phenoxy) is 1. The van der Waals surface area contributed by atoms with E-state index in [4.69, 9.17) is 0 Å². The zero-order valence-electron chi connectivity index (χ0n) is 8.92. The molecule has 0 saturated carbocycles. The highest BCUT2D eigenvalue weighted by Crippen LogP contribution is 2.20. The Hall–Kier alpha value is -2.37. The summed E-state index contributed by atoms with van der Waals surface area (Å²) in [7, 11) is 1.16. The van der Waals surface area contributed by atoms with Crippen molar-refractivity contribution in [2.24, 2.45) is 0 Å². The van der Waals surface area contributed by atoms with Crippen molar-refractivity contribution in [1.82, 2.24) is 15.0 Å². The summed E-state index contributed by atoms with van der Waals surface area (Å²) in [6, 6.07) is 3.29. The molecular formula is C11H8FN3O2. The number of carbonyl (C=O) groups excluding carboxylic acids is 1. The lowest BCUT2D eigenvalue weighted by atomic mass is 10.2. The summed E-state index contributed by atoms with van der Waals surface area (Å²) in [5.74, 6) is -1.65. The van der Waals surface area contributed by atoms with E-state index in [1.807, 2.05) is 0 Å². The van der Waals surface area contributed by atoms with Crippen LogP contribution >= 0.6 is 0 Å². The Morgan fingerprint density at radius 3 is 2.88 bits per heavy atom. The number of pyridine rings is 1. The second kappa shape index (κ2) is 4.65. The molecule has 0 aliphatic rings. The molecule has 0 radical (unpaired) electrons. The molecule has 5 nitrogen and oxygen atoms in total. The van der Waals surface area contributed by atoms with Crippen molar-refractivity contribution in [2.75, 3.05) is 7.11 Å². The second-order valence-electron chi connectivity index (χ2n) is 3.12. The largest absolute Gasteiger partial charge is 0.464 e. The normalized spacial score (nSPS) is 10.0. The van der Waals surface area contributed by atoms with Gasteiger partial charge in [-0.1, -0.05) is 0 Å². The van der Waals surface area contributed by atoms with Gasteiger partial charge in [0.05, 0.1) is 7.11 Å². The molecule has 17 heavy (non-hydrogen) atoms. The smallest absolute Gasteiger partial charge is 0.359 e. The van der Waals surface area contributed by atoms with E-state index in [0.29, 0.717) is 5.56 Å². The predicted molar refractivity (Wildman–Crippen MR) is 56.6 cm³/mol. The monoisotopic (exact) mass is 233 g/mol. The lowest BCUT2D eigenvalue weighted by Gasteiger charge is -2.04. The fraction of sp³-hybridized carbons (Fsp3) is 0.0909. The lowest BCUT2D eigenvalue weighted by molar-refractivity contribution is 0.0588. The first-order valence-electron chi connectivity index (χ1n) is 4.73. The minimum atomic E-state index is -0.838. The van der Waals surface area contributed by atoms with E-state index in [1.54, 1.807) is 18.3 Å². The summed E-state index contributed by atoms with van der Waals surface area (Å²) < 4.78 is 18.4. The van der Waals surface area contributed by atoms with E-state index < -0.39 is 11.8 Å². The third-order valence-corrected chi connectivity index (χ3v) is 2.10. The van der Waals surface area contributed by atoms with Gasteiger partial charge in [0.25, 0.3) is 0 Å². The highest BCUT2D eigenvalue weighted by Gasteiger charge is 2.19. The van der Waals surface area contributed by atoms with Crippen molar-refractivity contribution in [3.05, 3.63) is 42.4 Å². The number of hydrogen-bond donors (Lipinski definition) is 0. The standard InChI is InChI=1S/C11H8FN3O2/c1-17-11(16)10-8(12)9(14-6-15-10)7-3-2-4-13-5-7/h2-6H,1H3. The van der Waals surface area contributed by atoms with Crippen LogP contribution in [-0.2, 0) is 4.74 Å². The van der Waals surface area contributed by atoms with Gasteiger partial charge in [0.15, 0.2) is 11.5 Å². The average Bonchev–Trinajstić information content (AvgIpc) is 2.39. The number of halogens is 1. The van der Waals surface area contributed by atoms with Crippen molar-refractivity contribution in [1.29, 1.82) is 0 Å². The topological polar surface area (TPSA) is 65.0 Å². The first kappa shape index (κ1) is 11.1. The number of esters is 1. The summed E-state index contributed by atoms with van der Waals surface area (Å²) in [5, 5.41) is 0. The highest BCUT2D eigenvalue weighted by molar-refractivity contribution is 5.88. The molecule has 6 heteroatoms. The van der Waals surface area contributed by atoms with Crippen LogP contribution in [0.1, 0.15) is 10.5 Å². The number of aromatic nitrogens is 3. The molecule has 0 aliphatic heterocycles. The fourth-order valence-electron chi connectivity index (χ4n) is 1.31. The van der Waals surface area contributed by atoms with Crippen LogP contribution in [0.2, 0.25) is 0 Å². The van der Waals surface area contributed by atoms with E-state index in [0.717, 1.165) is 13.4 Å². The maximum absolute atomic E-state index is 13.9. The SMILES string of the molecule is COC(=O)c1ncnc(-c2cccnc2)c1F. The summed E-state index contributed by atoms with van der Waals surface area (Å²) in [5.41, 5.74) is 0.104. The summed E-state index contributed by atoms with van der Waals surface area (Å²) in [4.78, 5) is 22.4. The van der Waals surface area contributed by atoms with Gasteiger partial charge in [0.1, 0.15) is 12.0 Å². The van der Waals surface area contributed by atoms with Crippen LogP contribution in [0.15, 0.2) is 30.9 Å². The van der Waals surface area contributed by atoms with Gasteiger partial charge in [0.2, 0.25) is 0 Å². The van der Waals surface area contributed by atoms with Crippen LogP contribution in [0.3, 0.4) is 0 Å². The van der Waals surface area contributed by atoms with Gasteiger partial charge in [0, 0.05) is 18.0 Å². The molecule has 2 aromatic heterocycles. The summed E-state index contributed by atoms with van der Waals surface area (Å²) >= 11 is 0. The van der Waals surface area contributed by atoms with Gasteiger partial charge in [-0.25, -0.2) is 19.2 Å². The molecule has 2 heterocycles. The molecule has 0 aromatic carbocycles. The average molecular weight is 233 g/mol. The zero-order chi connectivity index (χ0) is 12.3. The maximum atomic E-state index is 13.9. The third-order valence-electron chi connectivity index (χ3n) is 2.10. The van der Waals surface area contributed by atoms with Crippen LogP contribution in [0.25, 0.3) is 11.3 Å². The Kier molecular flexibility index (Phi) is 3.04. The molecule has 0 saturated heterocycles. The molecule has 0 bridgehead atoms. The van der Waals surface area contributed by atoms with Crippen molar-refractivity contribution in [2.45, 2.75) is 0 Å². The highest BCUT2D eigenvalue weighted by atomic mass is 19.1. The van der Waals surface area contributed by atoms with E-state index in [-0.39, 0.29) is 11.4 Å². The van der Waals surface area contributed by atoms with Crippen molar-refractivity contribution in [3.8, 4) is 11.3 Å². The molecule has 0 unspecified atom stereocenters. The molecule has 2 rings (SSSR count). The fourth-order valence-corrected chi connectivity index (χ4v) is 1.31. The maximum Gasteiger partial charge on any atom is 0.359 e. The van der Waals surface area contributed by atoms with Gasteiger partial charge in [-0.2, -0.15) is 0 Å². The molecule has 86 valence electrons. The van der Waals surface area contributed by atoms with Gasteiger partial charge < -0.3 is 4.74 Å². The van der Waals surface area contributed by atoms with E-state index >= 15 is 0 Å². The number of rotatable bonds is 2. The van der Waals surface area contributed by atoms with Crippen LogP contribution in [0, 0.1) is 5.82 Å². The van der Waals surface area contributed by atoms with Gasteiger partial charge >= 0.3 is 5.97 Å². The van der Waals surface area contributed by atoms with Crippen LogP contribution in [0.4, 0.5) is 4.39 Å². The van der Waals surface area contributed by atoms with Crippen LogP contribution in [-0.4, -0.2) is 28.0 Å². The third kappa shape index (κ3) is 2.10. The van der Waals surface area contributed by atoms with E-state index in [1.165, 1.54) is 6.20 Å². The van der Waals surface area contributed by atoms with Gasteiger partial charge in [-0.15, -0.1) is 0 Å². The molecular weight excluding hydrogens is 225 g/mol. The number of methoxy groups -OCH3 is 1. The molecule has 0 aliphatic carbocycles. The Bertz CT molecular complexity index is 546. The Balaban J connectivity index is 2.54. The quantitative estimate of drug-likeness (QED) is 0.735. The number of carbonyl (C=O) groups is 1. The Morgan fingerprint density at radius 2 is 2.24 bits per heavy atom. The van der Waals surface area contributed by atoms with E-state index in [2.05, 4.69) is 19.7 Å². The lowest BCUT2D eigenvalue weighted by Crippen LogP contribution is -2.09. The number of hydrogen-bond acceptors (Lipinski definition) is 5. The van der Waals surface area contributed by atoms with E-state index in [9.17, 15) is 9.18 Å². The minimum absolute atomic E-state index is 0.0218. The molecule has 0 spiro atoms. The van der Waals surface area contributed by atoms with Crippen molar-refractivity contribution < 1.29 is 13.9 Å². The predicted octanol–water partition coefficient (Wildman–Crippen LogP) is 1.46. The summed E-state index contributed by atoms with van der Waals surface area (Å²) in [6.45, 7) is 0. The van der Waals surface area contributed by atoms with Gasteiger partial charge in [-0.05, 0) is 12.1 Å². The molecule has 0 amide bonds. The molecule has 2 aromatic rings. The van der Waals surface area contributed by atoms with Gasteiger partial charge in [-0.3, -0.25) is 4.98 Å². The molecule has 0 atom stereocenters. The minimum Gasteiger partial charge on any atom is -0.464 e. The van der Waals surface area contributed by atoms with Crippen LogP contribution < -0.4 is 0 Å². The zero-order valence-corrected chi connectivity index (χ0v) is 8.92. The molecule has 0 fully saturated rings. The summed E-state index contributed by atoms with van der Waals surface area (Å²) in [6.07, 6.45) is 4.12. The Morgan fingerprint density at radius 1 is 1.41 bits per heavy atom. The van der Waals surface area contributed by atoms with Crippen molar-refractivity contribution in [3.63, 3.8) is 0 Å². The first-order chi connectivity index (χ1) is 8.24. The number of nitrogens with zero attached hydrogens (tertiary/aromatic N) is 3. The first-order valence-corrected chi connectivity index (χ1v) is 4.73. The van der Waals surface area contributed by atoms with Crippen LogP contribution in [0.5, 0.6) is 0 Å². The molecule has 0 N–H and O–H groups in total.